The van der Waals surface area contributed by atoms with Gasteiger partial charge in [-0.05, 0) is 82.8 Å². The second kappa shape index (κ2) is 15.3. The van der Waals surface area contributed by atoms with Gasteiger partial charge in [0.1, 0.15) is 35.3 Å². The van der Waals surface area contributed by atoms with Gasteiger partial charge in [0.2, 0.25) is 0 Å². The molecule has 4 N–H and O–H groups in total. The summed E-state index contributed by atoms with van der Waals surface area (Å²) in [5.41, 5.74) is -2.97. The molecule has 1 aromatic carbocycles. The van der Waals surface area contributed by atoms with E-state index in [9.17, 15) is 30.0 Å². The van der Waals surface area contributed by atoms with E-state index in [2.05, 4.69) is 13.0 Å². The van der Waals surface area contributed by atoms with E-state index in [1.807, 2.05) is 44.2 Å². The molecule has 6 aliphatic rings. The van der Waals surface area contributed by atoms with Crippen LogP contribution in [0, 0.1) is 22.7 Å². The lowest BCUT2D eigenvalue weighted by molar-refractivity contribution is -0.318. The van der Waals surface area contributed by atoms with Crippen LogP contribution in [0.4, 0.5) is 0 Å². The standard InChI is InChI=1S/C43H60O12/c1-24(44)30-16-19-43(49)41(30,5)34(54-35(46)13-12-27-10-8-7-9-11-27)23-33-40(4)17-15-29(20-28(40)14-18-42(33,43)48)53-36-21-31(45)39(26(3)52-36)55-37-22-32(50-6)38(47)25(2)51-37/h7-14,25-26,29-34,36-39,45,47-49H,15-23H2,1-6H3. The number of benzene rings is 1. The summed E-state index contributed by atoms with van der Waals surface area (Å²) in [5, 5.41) is 47.1. The number of esters is 1. The Balaban J connectivity index is 1.05. The molecule has 1 aromatic rings. The molecule has 0 spiro atoms. The first-order valence-corrected chi connectivity index (χ1v) is 20.1. The number of hydrogen-bond acceptors (Lipinski definition) is 12. The summed E-state index contributed by atoms with van der Waals surface area (Å²) < 4.78 is 36.5. The van der Waals surface area contributed by atoms with Gasteiger partial charge >= 0.3 is 5.97 Å². The zero-order valence-corrected chi connectivity index (χ0v) is 33.0. The zero-order valence-electron chi connectivity index (χ0n) is 33.0. The fraction of sp³-hybridized carbons (Fsp3) is 0.721. The van der Waals surface area contributed by atoms with E-state index in [4.69, 9.17) is 28.4 Å². The lowest BCUT2D eigenvalue weighted by atomic mass is 9.43. The van der Waals surface area contributed by atoms with Crippen LogP contribution < -0.4 is 0 Å². The second-order valence-corrected chi connectivity index (χ2v) is 17.5. The van der Waals surface area contributed by atoms with E-state index in [1.54, 1.807) is 13.0 Å². The number of fused-ring (bicyclic) bond motifs is 5. The molecule has 2 saturated heterocycles. The maximum Gasteiger partial charge on any atom is 0.331 e. The van der Waals surface area contributed by atoms with Crippen molar-refractivity contribution in [1.82, 2.24) is 0 Å². The van der Waals surface area contributed by atoms with Crippen molar-refractivity contribution in [3.05, 3.63) is 53.6 Å². The second-order valence-electron chi connectivity index (χ2n) is 17.5. The Hall–Kier alpha value is -2.52. The molecule has 0 radical (unpaired) electrons. The van der Waals surface area contributed by atoms with Gasteiger partial charge in [-0.3, -0.25) is 4.79 Å². The van der Waals surface area contributed by atoms with Crippen LogP contribution in [-0.4, -0.2) is 112 Å². The largest absolute Gasteiger partial charge is 0.458 e. The van der Waals surface area contributed by atoms with Gasteiger partial charge < -0.3 is 48.8 Å². The van der Waals surface area contributed by atoms with Crippen LogP contribution in [0.2, 0.25) is 0 Å². The summed E-state index contributed by atoms with van der Waals surface area (Å²) in [7, 11) is 1.54. The van der Waals surface area contributed by atoms with Gasteiger partial charge in [0.05, 0.1) is 30.5 Å². The van der Waals surface area contributed by atoms with Gasteiger partial charge in [-0.1, -0.05) is 55.8 Å². The van der Waals surface area contributed by atoms with Crippen LogP contribution in [0.15, 0.2) is 48.1 Å². The minimum atomic E-state index is -1.67. The molecular formula is C43H60O12. The topological polar surface area (TPSA) is 170 Å². The first-order valence-electron chi connectivity index (χ1n) is 20.1. The van der Waals surface area contributed by atoms with Gasteiger partial charge in [0.15, 0.2) is 12.6 Å². The van der Waals surface area contributed by atoms with E-state index in [-0.39, 0.29) is 31.1 Å². The highest BCUT2D eigenvalue weighted by Crippen LogP contribution is 2.70. The van der Waals surface area contributed by atoms with E-state index in [1.165, 1.54) is 20.1 Å². The number of Topliss-reactive ketones (excluding diaryl/α,β-unsaturated/α-hetero) is 1. The van der Waals surface area contributed by atoms with Gasteiger partial charge in [0.25, 0.3) is 0 Å². The molecule has 16 unspecified atom stereocenters. The molecule has 55 heavy (non-hydrogen) atoms. The third-order valence-electron chi connectivity index (χ3n) is 14.6. The molecule has 304 valence electrons. The van der Waals surface area contributed by atoms with Crippen molar-refractivity contribution in [3.8, 4) is 0 Å². The number of aliphatic hydroxyl groups is 4. The van der Waals surface area contributed by atoms with Crippen molar-refractivity contribution >= 4 is 17.8 Å². The van der Waals surface area contributed by atoms with E-state index in [0.29, 0.717) is 38.5 Å². The van der Waals surface area contributed by atoms with Crippen molar-refractivity contribution < 1.29 is 58.4 Å². The predicted molar refractivity (Wildman–Crippen MR) is 200 cm³/mol. The molecule has 3 saturated carbocycles. The number of aliphatic hydroxyl groups excluding tert-OH is 2. The smallest absolute Gasteiger partial charge is 0.331 e. The highest BCUT2D eigenvalue weighted by molar-refractivity contribution is 5.87. The molecule has 0 aromatic heterocycles. The Morgan fingerprint density at radius 1 is 0.927 bits per heavy atom. The highest BCUT2D eigenvalue weighted by Gasteiger charge is 2.77. The molecule has 7 rings (SSSR count). The maximum atomic E-state index is 13.4. The summed E-state index contributed by atoms with van der Waals surface area (Å²) in [5.74, 6) is -1.67. The minimum absolute atomic E-state index is 0.0870. The molecule has 0 bridgehead atoms. The molecule has 2 aliphatic heterocycles. The number of ketones is 1. The van der Waals surface area contributed by atoms with Crippen molar-refractivity contribution in [2.75, 3.05) is 7.11 Å². The molecule has 5 fully saturated rings. The Kier molecular flexibility index (Phi) is 11.3. The van der Waals surface area contributed by atoms with Crippen LogP contribution in [0.1, 0.15) is 98.0 Å². The van der Waals surface area contributed by atoms with Gasteiger partial charge in [-0.15, -0.1) is 0 Å². The molecule has 16 atom stereocenters. The molecule has 4 aliphatic carbocycles. The summed E-state index contributed by atoms with van der Waals surface area (Å²) in [6.07, 6.45) is 2.61. The quantitative estimate of drug-likeness (QED) is 0.159. The van der Waals surface area contributed by atoms with Crippen LogP contribution in [0.5, 0.6) is 0 Å². The third-order valence-corrected chi connectivity index (χ3v) is 14.6. The Bertz CT molecular complexity index is 1620. The average Bonchev–Trinajstić information content (AvgIpc) is 3.44. The van der Waals surface area contributed by atoms with Crippen LogP contribution in [-0.2, 0) is 38.0 Å². The first-order chi connectivity index (χ1) is 26.0. The first kappa shape index (κ1) is 40.7. The number of carbonyl (C=O) groups excluding carboxylic acids is 2. The Morgan fingerprint density at radius 3 is 2.33 bits per heavy atom. The number of ether oxygens (including phenoxy) is 6. The van der Waals surface area contributed by atoms with Crippen LogP contribution in [0.25, 0.3) is 6.08 Å². The number of hydrogen-bond donors (Lipinski definition) is 4. The number of carbonyl (C=O) groups is 2. The van der Waals surface area contributed by atoms with Crippen molar-refractivity contribution in [2.24, 2.45) is 22.7 Å². The summed E-state index contributed by atoms with van der Waals surface area (Å²) >= 11 is 0. The number of methoxy groups -OCH3 is 1. The summed E-state index contributed by atoms with van der Waals surface area (Å²) in [6, 6.07) is 9.44. The molecular weight excluding hydrogens is 708 g/mol. The van der Waals surface area contributed by atoms with E-state index < -0.39 is 95.1 Å². The van der Waals surface area contributed by atoms with Crippen molar-refractivity contribution in [1.29, 1.82) is 0 Å². The van der Waals surface area contributed by atoms with Gasteiger partial charge in [0, 0.05) is 43.3 Å². The fourth-order valence-corrected chi connectivity index (χ4v) is 11.5. The molecule has 12 nitrogen and oxygen atoms in total. The van der Waals surface area contributed by atoms with Crippen molar-refractivity contribution in [3.63, 3.8) is 0 Å². The van der Waals surface area contributed by atoms with E-state index in [0.717, 1.165) is 11.1 Å². The Labute approximate surface area is 324 Å². The summed E-state index contributed by atoms with van der Waals surface area (Å²) in [6.45, 7) is 9.07. The lowest BCUT2D eigenvalue weighted by Crippen LogP contribution is -2.75. The molecule has 12 heteroatoms. The summed E-state index contributed by atoms with van der Waals surface area (Å²) in [4.78, 5) is 26.5. The highest BCUT2D eigenvalue weighted by atomic mass is 16.7. The molecule has 0 amide bonds. The Morgan fingerprint density at radius 2 is 1.64 bits per heavy atom. The predicted octanol–water partition coefficient (Wildman–Crippen LogP) is 4.40. The lowest BCUT2D eigenvalue weighted by Gasteiger charge is -2.66. The van der Waals surface area contributed by atoms with Gasteiger partial charge in [-0.25, -0.2) is 4.79 Å². The van der Waals surface area contributed by atoms with E-state index >= 15 is 0 Å². The normalized spacial score (nSPS) is 47.0. The van der Waals surface area contributed by atoms with Crippen molar-refractivity contribution in [2.45, 2.75) is 165 Å². The monoisotopic (exact) mass is 768 g/mol. The number of rotatable bonds is 9. The third kappa shape index (κ3) is 6.97. The van der Waals surface area contributed by atoms with Crippen LogP contribution >= 0.6 is 0 Å². The zero-order chi connectivity index (χ0) is 39.5. The maximum absolute atomic E-state index is 13.4. The van der Waals surface area contributed by atoms with Gasteiger partial charge in [-0.2, -0.15) is 0 Å². The fourth-order valence-electron chi connectivity index (χ4n) is 11.5. The molecule has 2 heterocycles. The minimum Gasteiger partial charge on any atom is -0.458 e. The SMILES string of the molecule is COC1CC(OC2C(O)CC(OC3CCC4(C)C(=CCC5(O)C4CC(OC(=O)C=Cc4ccccc4)C4(C)C(C(C)=O)CCC54O)C3)OC2C)OC(C)C1O. The van der Waals surface area contributed by atoms with Crippen LogP contribution in [0.3, 0.4) is 0 Å². The average molecular weight is 769 g/mol.